The molecule has 2 unspecified atom stereocenters. The molecule has 0 fully saturated rings. The lowest BCUT2D eigenvalue weighted by atomic mass is 9.96. The fraction of sp³-hybridized carbons (Fsp3) is 0.333. The zero-order chi connectivity index (χ0) is 13.0. The minimum absolute atomic E-state index is 0.405. The Morgan fingerprint density at radius 3 is 2.18 bits per heavy atom. The van der Waals surface area contributed by atoms with E-state index in [1.165, 1.54) is 6.92 Å². The third-order valence-electron chi connectivity index (χ3n) is 2.54. The highest BCUT2D eigenvalue weighted by Gasteiger charge is 2.27. The minimum atomic E-state index is -1.01. The van der Waals surface area contributed by atoms with E-state index in [9.17, 15) is 9.59 Å². The molecule has 0 aromatic heterocycles. The van der Waals surface area contributed by atoms with Crippen molar-refractivity contribution in [3.8, 4) is 5.75 Å². The van der Waals surface area contributed by atoms with E-state index < -0.39 is 23.8 Å². The molecule has 0 aliphatic rings. The maximum absolute atomic E-state index is 11.6. The molecule has 0 aliphatic heterocycles. The lowest BCUT2D eigenvalue weighted by molar-refractivity contribution is -0.150. The van der Waals surface area contributed by atoms with E-state index in [4.69, 9.17) is 9.84 Å². The van der Waals surface area contributed by atoms with Crippen LogP contribution >= 0.6 is 15.9 Å². The molecule has 0 radical (unpaired) electrons. The van der Waals surface area contributed by atoms with Gasteiger partial charge in [-0.15, -0.1) is 0 Å². The van der Waals surface area contributed by atoms with Gasteiger partial charge in [0.15, 0.2) is 0 Å². The van der Waals surface area contributed by atoms with Crippen molar-refractivity contribution in [2.24, 2.45) is 11.8 Å². The number of carboxylic acid groups (broad SMARTS) is 1. The highest BCUT2D eigenvalue weighted by molar-refractivity contribution is 9.10. The van der Waals surface area contributed by atoms with Gasteiger partial charge in [-0.05, 0) is 24.3 Å². The number of rotatable bonds is 4. The first kappa shape index (κ1) is 13.7. The van der Waals surface area contributed by atoms with Gasteiger partial charge in [0.2, 0.25) is 0 Å². The highest BCUT2D eigenvalue weighted by Crippen LogP contribution is 2.19. The molecule has 4 nitrogen and oxygen atoms in total. The maximum atomic E-state index is 11.6. The van der Waals surface area contributed by atoms with Crippen LogP contribution in [0.4, 0.5) is 0 Å². The van der Waals surface area contributed by atoms with E-state index in [1.807, 2.05) is 0 Å². The summed E-state index contributed by atoms with van der Waals surface area (Å²) in [5, 5.41) is 8.79. The lowest BCUT2D eigenvalue weighted by Crippen LogP contribution is -2.28. The number of aliphatic carboxylic acids is 1. The molecule has 0 aliphatic carbocycles. The van der Waals surface area contributed by atoms with Crippen LogP contribution in [0.5, 0.6) is 5.75 Å². The van der Waals surface area contributed by atoms with Crippen LogP contribution in [0.1, 0.15) is 13.8 Å². The summed E-state index contributed by atoms with van der Waals surface area (Å²) in [5.41, 5.74) is 0. The number of carboxylic acids is 1. The Kier molecular flexibility index (Phi) is 4.69. The van der Waals surface area contributed by atoms with Gasteiger partial charge in [-0.25, -0.2) is 0 Å². The van der Waals surface area contributed by atoms with Crippen LogP contribution in [0.2, 0.25) is 0 Å². The van der Waals surface area contributed by atoms with Gasteiger partial charge in [0, 0.05) is 4.47 Å². The molecule has 0 spiro atoms. The standard InChI is InChI=1S/C12H13BrO4/c1-7(11(14)15)8(2)12(16)17-10-5-3-9(13)4-6-10/h3-8H,1-2H3,(H,14,15). The van der Waals surface area contributed by atoms with Crippen LogP contribution in [0.3, 0.4) is 0 Å². The van der Waals surface area contributed by atoms with Crippen molar-refractivity contribution in [3.63, 3.8) is 0 Å². The van der Waals surface area contributed by atoms with Gasteiger partial charge >= 0.3 is 11.9 Å². The van der Waals surface area contributed by atoms with Crippen LogP contribution in [-0.4, -0.2) is 17.0 Å². The van der Waals surface area contributed by atoms with Gasteiger partial charge in [-0.3, -0.25) is 9.59 Å². The first-order valence-electron chi connectivity index (χ1n) is 5.12. The average molecular weight is 301 g/mol. The fourth-order valence-electron chi connectivity index (χ4n) is 1.13. The number of hydrogen-bond donors (Lipinski definition) is 1. The molecule has 17 heavy (non-hydrogen) atoms. The molecule has 0 bridgehead atoms. The lowest BCUT2D eigenvalue weighted by Gasteiger charge is -2.14. The Bertz CT molecular complexity index is 413. The smallest absolute Gasteiger partial charge is 0.314 e. The predicted molar refractivity (Wildman–Crippen MR) is 65.7 cm³/mol. The van der Waals surface area contributed by atoms with Crippen molar-refractivity contribution in [1.82, 2.24) is 0 Å². The Labute approximate surface area is 108 Å². The Balaban J connectivity index is 2.66. The topological polar surface area (TPSA) is 63.6 Å². The molecule has 0 saturated carbocycles. The van der Waals surface area contributed by atoms with Crippen molar-refractivity contribution >= 4 is 27.9 Å². The Morgan fingerprint density at radius 1 is 1.18 bits per heavy atom. The molecule has 1 rings (SSSR count). The first-order valence-corrected chi connectivity index (χ1v) is 5.91. The second-order valence-electron chi connectivity index (χ2n) is 3.79. The Morgan fingerprint density at radius 2 is 1.71 bits per heavy atom. The third-order valence-corrected chi connectivity index (χ3v) is 3.07. The summed E-state index contributed by atoms with van der Waals surface area (Å²) in [7, 11) is 0. The summed E-state index contributed by atoms with van der Waals surface area (Å²) in [5.74, 6) is -2.59. The molecular weight excluding hydrogens is 288 g/mol. The summed E-state index contributed by atoms with van der Waals surface area (Å²) >= 11 is 3.26. The predicted octanol–water partition coefficient (Wildman–Crippen LogP) is 2.71. The van der Waals surface area contributed by atoms with Crippen LogP contribution in [0.25, 0.3) is 0 Å². The fourth-order valence-corrected chi connectivity index (χ4v) is 1.39. The number of ether oxygens (including phenoxy) is 1. The van der Waals surface area contributed by atoms with Crippen molar-refractivity contribution < 1.29 is 19.4 Å². The molecule has 0 heterocycles. The molecule has 0 saturated heterocycles. The zero-order valence-electron chi connectivity index (χ0n) is 9.51. The van der Waals surface area contributed by atoms with E-state index >= 15 is 0 Å². The largest absolute Gasteiger partial charge is 0.481 e. The van der Waals surface area contributed by atoms with Gasteiger partial charge in [-0.2, -0.15) is 0 Å². The SMILES string of the molecule is CC(C(=O)O)C(C)C(=O)Oc1ccc(Br)cc1. The highest BCUT2D eigenvalue weighted by atomic mass is 79.9. The number of halogens is 1. The van der Waals surface area contributed by atoms with Gasteiger partial charge in [-0.1, -0.05) is 29.8 Å². The Hall–Kier alpha value is -1.36. The molecule has 2 atom stereocenters. The normalized spacial score (nSPS) is 13.8. The number of hydrogen-bond acceptors (Lipinski definition) is 3. The molecule has 92 valence electrons. The van der Waals surface area contributed by atoms with Crippen LogP contribution in [0, 0.1) is 11.8 Å². The van der Waals surface area contributed by atoms with Crippen LogP contribution < -0.4 is 4.74 Å². The van der Waals surface area contributed by atoms with Gasteiger partial charge in [0.1, 0.15) is 5.75 Å². The van der Waals surface area contributed by atoms with E-state index in [1.54, 1.807) is 31.2 Å². The summed E-state index contributed by atoms with van der Waals surface area (Å²) in [6.45, 7) is 3.02. The van der Waals surface area contributed by atoms with E-state index in [2.05, 4.69) is 15.9 Å². The number of carbonyl (C=O) groups excluding carboxylic acids is 1. The maximum Gasteiger partial charge on any atom is 0.314 e. The summed E-state index contributed by atoms with van der Waals surface area (Å²) in [4.78, 5) is 22.4. The molecule has 1 aromatic carbocycles. The molecule has 1 N–H and O–H groups in total. The third kappa shape index (κ3) is 3.85. The van der Waals surface area contributed by atoms with Crippen LogP contribution in [-0.2, 0) is 9.59 Å². The molecule has 5 heteroatoms. The van der Waals surface area contributed by atoms with Crippen molar-refractivity contribution in [2.75, 3.05) is 0 Å². The van der Waals surface area contributed by atoms with Crippen molar-refractivity contribution in [3.05, 3.63) is 28.7 Å². The quantitative estimate of drug-likeness (QED) is 0.686. The van der Waals surface area contributed by atoms with Crippen molar-refractivity contribution in [2.45, 2.75) is 13.8 Å². The summed E-state index contributed by atoms with van der Waals surface area (Å²) in [6, 6.07) is 6.77. The van der Waals surface area contributed by atoms with E-state index in [0.29, 0.717) is 5.75 Å². The van der Waals surface area contributed by atoms with Crippen LogP contribution in [0.15, 0.2) is 28.7 Å². The van der Waals surface area contributed by atoms with E-state index in [0.717, 1.165) is 4.47 Å². The summed E-state index contributed by atoms with van der Waals surface area (Å²) in [6.07, 6.45) is 0. The number of carbonyl (C=O) groups is 2. The molecule has 0 amide bonds. The van der Waals surface area contributed by atoms with Gasteiger partial charge in [0.05, 0.1) is 11.8 Å². The monoisotopic (exact) mass is 300 g/mol. The van der Waals surface area contributed by atoms with E-state index in [-0.39, 0.29) is 0 Å². The summed E-state index contributed by atoms with van der Waals surface area (Å²) < 4.78 is 5.96. The average Bonchev–Trinajstić information content (AvgIpc) is 2.30. The van der Waals surface area contributed by atoms with Crippen molar-refractivity contribution in [1.29, 1.82) is 0 Å². The first-order chi connectivity index (χ1) is 7.91. The zero-order valence-corrected chi connectivity index (χ0v) is 11.1. The number of esters is 1. The van der Waals surface area contributed by atoms with Gasteiger partial charge < -0.3 is 9.84 Å². The van der Waals surface area contributed by atoms with Gasteiger partial charge in [0.25, 0.3) is 0 Å². The second kappa shape index (κ2) is 5.82. The molecular formula is C12H13BrO4. The second-order valence-corrected chi connectivity index (χ2v) is 4.71. The minimum Gasteiger partial charge on any atom is -0.481 e. The molecule has 1 aromatic rings. The number of benzene rings is 1.